The number of ether oxygens (including phenoxy) is 2. The van der Waals surface area contributed by atoms with Crippen molar-refractivity contribution in [1.82, 2.24) is 0 Å². The lowest BCUT2D eigenvalue weighted by Gasteiger charge is -2.11. The van der Waals surface area contributed by atoms with Crippen LogP contribution >= 0.6 is 0 Å². The monoisotopic (exact) mass is 348 g/mol. The molecule has 1 aromatic carbocycles. The van der Waals surface area contributed by atoms with Gasteiger partial charge in [0, 0.05) is 13.8 Å². The molecule has 0 N–H and O–H groups in total. The molecule has 0 spiro atoms. The van der Waals surface area contributed by atoms with Crippen LogP contribution in [-0.2, 0) is 16.0 Å². The van der Waals surface area contributed by atoms with E-state index in [1.54, 1.807) is 18.2 Å². The van der Waals surface area contributed by atoms with Crippen molar-refractivity contribution < 1.29 is 19.1 Å². The summed E-state index contributed by atoms with van der Waals surface area (Å²) in [5.41, 5.74) is 0.914. The zero-order chi connectivity index (χ0) is 18.5. The van der Waals surface area contributed by atoms with E-state index in [2.05, 4.69) is 6.92 Å². The lowest BCUT2D eigenvalue weighted by Crippen LogP contribution is -2.06. The molecule has 25 heavy (non-hydrogen) atoms. The molecule has 0 aliphatic carbocycles. The molecule has 0 aromatic heterocycles. The maximum atomic E-state index is 11.2. The fourth-order valence-corrected chi connectivity index (χ4v) is 2.86. The maximum Gasteiger partial charge on any atom is 0.308 e. The van der Waals surface area contributed by atoms with Crippen LogP contribution in [0.4, 0.5) is 0 Å². The zero-order valence-electron chi connectivity index (χ0n) is 15.9. The minimum atomic E-state index is -0.353. The van der Waals surface area contributed by atoms with E-state index in [-0.39, 0.29) is 11.9 Å². The average molecular weight is 348 g/mol. The standard InChI is InChI=1S/C21H32O4/c1-4-5-6-7-8-9-10-11-12-13-19-16-20(24-17(2)22)14-15-21(19)25-18(3)23/h14-16H,4-13H2,1-3H3. The van der Waals surface area contributed by atoms with E-state index < -0.39 is 0 Å². The van der Waals surface area contributed by atoms with Gasteiger partial charge in [0.15, 0.2) is 0 Å². The number of carbonyl (C=O) groups excluding carboxylic acids is 2. The molecule has 1 rings (SSSR count). The minimum Gasteiger partial charge on any atom is -0.427 e. The number of esters is 2. The van der Waals surface area contributed by atoms with Crippen molar-refractivity contribution in [2.45, 2.75) is 85.0 Å². The molecule has 4 heteroatoms. The third-order valence-corrected chi connectivity index (χ3v) is 4.10. The first-order valence-electron chi connectivity index (χ1n) is 9.52. The first kappa shape index (κ1) is 21.2. The number of unbranched alkanes of at least 4 members (excludes halogenated alkanes) is 8. The predicted octanol–water partition coefficient (Wildman–Crippen LogP) is 5.61. The van der Waals surface area contributed by atoms with Gasteiger partial charge in [-0.3, -0.25) is 9.59 Å². The highest BCUT2D eigenvalue weighted by molar-refractivity contribution is 5.71. The summed E-state index contributed by atoms with van der Waals surface area (Å²) in [6.45, 7) is 5.00. The molecule has 0 atom stereocenters. The summed E-state index contributed by atoms with van der Waals surface area (Å²) in [4.78, 5) is 22.3. The van der Waals surface area contributed by atoms with Crippen molar-refractivity contribution in [2.24, 2.45) is 0 Å². The number of aryl methyl sites for hydroxylation is 1. The molecule has 1 aromatic rings. The Labute approximate surface area is 151 Å². The lowest BCUT2D eigenvalue weighted by atomic mass is 10.0. The number of benzene rings is 1. The van der Waals surface area contributed by atoms with Gasteiger partial charge in [-0.1, -0.05) is 58.3 Å². The van der Waals surface area contributed by atoms with Crippen LogP contribution in [-0.4, -0.2) is 11.9 Å². The van der Waals surface area contributed by atoms with Crippen LogP contribution in [0.1, 0.15) is 84.1 Å². The Kier molecular flexibility index (Phi) is 10.6. The van der Waals surface area contributed by atoms with Crippen molar-refractivity contribution >= 4 is 11.9 Å². The smallest absolute Gasteiger partial charge is 0.308 e. The molecular weight excluding hydrogens is 316 g/mol. The first-order chi connectivity index (χ1) is 12.0. The van der Waals surface area contributed by atoms with Gasteiger partial charge in [0.25, 0.3) is 0 Å². The second-order valence-corrected chi connectivity index (χ2v) is 6.54. The van der Waals surface area contributed by atoms with E-state index in [0.29, 0.717) is 11.5 Å². The van der Waals surface area contributed by atoms with Gasteiger partial charge in [-0.05, 0) is 36.6 Å². The molecule has 0 bridgehead atoms. The van der Waals surface area contributed by atoms with Crippen molar-refractivity contribution in [3.8, 4) is 11.5 Å². The summed E-state index contributed by atoms with van der Waals surface area (Å²) in [6.07, 6.45) is 12.2. The maximum absolute atomic E-state index is 11.2. The van der Waals surface area contributed by atoms with Gasteiger partial charge in [-0.15, -0.1) is 0 Å². The van der Waals surface area contributed by atoms with Gasteiger partial charge >= 0.3 is 11.9 Å². The number of hydrogen-bond donors (Lipinski definition) is 0. The average Bonchev–Trinajstić information content (AvgIpc) is 2.54. The van der Waals surface area contributed by atoms with Crippen LogP contribution in [0, 0.1) is 0 Å². The molecule has 0 radical (unpaired) electrons. The molecule has 0 aliphatic heterocycles. The van der Waals surface area contributed by atoms with E-state index in [9.17, 15) is 9.59 Å². The van der Waals surface area contributed by atoms with Gasteiger partial charge in [-0.2, -0.15) is 0 Å². The third-order valence-electron chi connectivity index (χ3n) is 4.10. The Hall–Kier alpha value is -1.84. The summed E-state index contributed by atoms with van der Waals surface area (Å²) >= 11 is 0. The van der Waals surface area contributed by atoms with Crippen LogP contribution in [0.3, 0.4) is 0 Å². The van der Waals surface area contributed by atoms with Gasteiger partial charge < -0.3 is 9.47 Å². The third kappa shape index (κ3) is 9.90. The summed E-state index contributed by atoms with van der Waals surface area (Å²) < 4.78 is 10.4. The summed E-state index contributed by atoms with van der Waals surface area (Å²) in [6, 6.07) is 5.15. The van der Waals surface area contributed by atoms with Gasteiger partial charge in [0.1, 0.15) is 11.5 Å². The summed E-state index contributed by atoms with van der Waals surface area (Å²) in [7, 11) is 0. The predicted molar refractivity (Wildman–Crippen MR) is 100.0 cm³/mol. The molecule has 0 heterocycles. The second kappa shape index (κ2) is 12.5. The van der Waals surface area contributed by atoms with Crippen molar-refractivity contribution in [3.63, 3.8) is 0 Å². The summed E-state index contributed by atoms with van der Waals surface area (Å²) in [5.74, 6) is 0.361. The molecule has 0 amide bonds. The van der Waals surface area contributed by atoms with Crippen LogP contribution in [0.15, 0.2) is 18.2 Å². The zero-order valence-corrected chi connectivity index (χ0v) is 15.9. The lowest BCUT2D eigenvalue weighted by molar-refractivity contribution is -0.133. The Morgan fingerprint density at radius 3 is 1.92 bits per heavy atom. The van der Waals surface area contributed by atoms with E-state index in [1.807, 2.05) is 0 Å². The Balaban J connectivity index is 2.43. The van der Waals surface area contributed by atoms with Crippen LogP contribution < -0.4 is 9.47 Å². The second-order valence-electron chi connectivity index (χ2n) is 6.54. The fraction of sp³-hybridized carbons (Fsp3) is 0.619. The fourth-order valence-electron chi connectivity index (χ4n) is 2.86. The molecule has 0 aliphatic rings. The van der Waals surface area contributed by atoms with E-state index in [4.69, 9.17) is 9.47 Å². The highest BCUT2D eigenvalue weighted by Gasteiger charge is 2.09. The highest BCUT2D eigenvalue weighted by Crippen LogP contribution is 2.26. The van der Waals surface area contributed by atoms with E-state index >= 15 is 0 Å². The van der Waals surface area contributed by atoms with Gasteiger partial charge in [-0.25, -0.2) is 0 Å². The molecule has 0 saturated carbocycles. The van der Waals surface area contributed by atoms with Crippen molar-refractivity contribution in [3.05, 3.63) is 23.8 Å². The normalized spacial score (nSPS) is 10.5. The first-order valence-corrected chi connectivity index (χ1v) is 9.52. The van der Waals surface area contributed by atoms with Crippen LogP contribution in [0.5, 0.6) is 11.5 Å². The molecular formula is C21H32O4. The van der Waals surface area contributed by atoms with Gasteiger partial charge in [0.2, 0.25) is 0 Å². The van der Waals surface area contributed by atoms with E-state index in [0.717, 1.165) is 24.8 Å². The number of hydrogen-bond acceptors (Lipinski definition) is 4. The Morgan fingerprint density at radius 2 is 1.36 bits per heavy atom. The van der Waals surface area contributed by atoms with E-state index in [1.165, 1.54) is 58.8 Å². The molecule has 140 valence electrons. The molecule has 0 fully saturated rings. The SMILES string of the molecule is CCCCCCCCCCCc1cc(OC(C)=O)ccc1OC(C)=O. The Bertz CT molecular complexity index is 537. The molecule has 0 saturated heterocycles. The summed E-state index contributed by atoms with van der Waals surface area (Å²) in [5, 5.41) is 0. The van der Waals surface area contributed by atoms with Gasteiger partial charge in [0.05, 0.1) is 0 Å². The molecule has 0 unspecified atom stereocenters. The topological polar surface area (TPSA) is 52.6 Å². The number of rotatable bonds is 12. The number of carbonyl (C=O) groups is 2. The minimum absolute atomic E-state index is 0.339. The van der Waals surface area contributed by atoms with Crippen LogP contribution in [0.25, 0.3) is 0 Å². The van der Waals surface area contributed by atoms with Crippen molar-refractivity contribution in [1.29, 1.82) is 0 Å². The Morgan fingerprint density at radius 1 is 0.800 bits per heavy atom. The van der Waals surface area contributed by atoms with Crippen LogP contribution in [0.2, 0.25) is 0 Å². The quantitative estimate of drug-likeness (QED) is 0.280. The van der Waals surface area contributed by atoms with Crippen molar-refractivity contribution in [2.75, 3.05) is 0 Å². The highest BCUT2D eigenvalue weighted by atomic mass is 16.5. The largest absolute Gasteiger partial charge is 0.427 e. The molecule has 4 nitrogen and oxygen atoms in total.